The number of esters is 1. The lowest BCUT2D eigenvalue weighted by Gasteiger charge is -2.64. The van der Waals surface area contributed by atoms with Crippen LogP contribution in [0.4, 0.5) is 0 Å². The number of hydrogen-bond donors (Lipinski definition) is 0. The zero-order valence-corrected chi connectivity index (χ0v) is 20.7. The highest BCUT2D eigenvalue weighted by Gasteiger charge is 2.72. The van der Waals surface area contributed by atoms with Crippen LogP contribution in [-0.2, 0) is 23.9 Å². The van der Waals surface area contributed by atoms with Crippen molar-refractivity contribution < 1.29 is 23.9 Å². The van der Waals surface area contributed by atoms with Crippen molar-refractivity contribution in [1.82, 2.24) is 0 Å². The van der Waals surface area contributed by atoms with Crippen LogP contribution < -0.4 is 0 Å². The summed E-state index contributed by atoms with van der Waals surface area (Å²) < 4.78 is 11.9. The maximum atomic E-state index is 13.4. The number of hydrogen-bond acceptors (Lipinski definition) is 5. The van der Waals surface area contributed by atoms with E-state index in [0.29, 0.717) is 18.9 Å². The molecule has 5 rings (SSSR count). The molecule has 0 radical (unpaired) electrons. The number of carbonyl (C=O) groups is 3. The lowest BCUT2D eigenvalue weighted by molar-refractivity contribution is -0.204. The standard InChI is InChI=1S/C28H38O5/c1-17-15-22-21-9-8-19-16-20(30)10-11-25(19,3)26(21,4)12-13-27(22,5)28(17,18(2)29)33-24(31)23-7-6-14-32-23/h10-11,16-17,21-23H,6-9,12-15H2,1-5H3. The summed E-state index contributed by atoms with van der Waals surface area (Å²) in [4.78, 5) is 38.6. The van der Waals surface area contributed by atoms with Crippen molar-refractivity contribution in [1.29, 1.82) is 0 Å². The van der Waals surface area contributed by atoms with E-state index in [4.69, 9.17) is 9.47 Å². The second-order valence-corrected chi connectivity index (χ2v) is 12.0. The van der Waals surface area contributed by atoms with Gasteiger partial charge in [0.1, 0.15) is 0 Å². The van der Waals surface area contributed by atoms with Gasteiger partial charge >= 0.3 is 5.97 Å². The summed E-state index contributed by atoms with van der Waals surface area (Å²) >= 11 is 0. The third-order valence-corrected chi connectivity index (χ3v) is 10.9. The second-order valence-electron chi connectivity index (χ2n) is 12.0. The molecule has 0 aromatic heterocycles. The first-order valence-corrected chi connectivity index (χ1v) is 12.8. The van der Waals surface area contributed by atoms with Gasteiger partial charge in [-0.25, -0.2) is 4.79 Å². The maximum absolute atomic E-state index is 13.4. The Morgan fingerprint density at radius 3 is 2.48 bits per heavy atom. The molecule has 0 spiro atoms. The number of rotatable bonds is 3. The van der Waals surface area contributed by atoms with E-state index in [2.05, 4.69) is 33.8 Å². The molecule has 8 atom stereocenters. The van der Waals surface area contributed by atoms with E-state index in [9.17, 15) is 14.4 Å². The number of fused-ring (bicyclic) bond motifs is 5. The molecule has 5 aliphatic rings. The van der Waals surface area contributed by atoms with Crippen molar-refractivity contribution in [2.45, 2.75) is 91.3 Å². The monoisotopic (exact) mass is 454 g/mol. The molecule has 0 aromatic rings. The van der Waals surface area contributed by atoms with Crippen molar-refractivity contribution in [2.75, 3.05) is 6.61 Å². The van der Waals surface area contributed by atoms with E-state index in [1.54, 1.807) is 13.0 Å². The van der Waals surface area contributed by atoms with Gasteiger partial charge in [0.25, 0.3) is 0 Å². The smallest absolute Gasteiger partial charge is 0.336 e. The van der Waals surface area contributed by atoms with Gasteiger partial charge in [0.15, 0.2) is 23.3 Å². The zero-order chi connectivity index (χ0) is 23.8. The Hall–Kier alpha value is -1.75. The van der Waals surface area contributed by atoms with Crippen molar-refractivity contribution in [2.24, 2.45) is 34.0 Å². The van der Waals surface area contributed by atoms with Crippen LogP contribution in [0.25, 0.3) is 0 Å². The number of ketones is 2. The third-order valence-electron chi connectivity index (χ3n) is 10.9. The zero-order valence-electron chi connectivity index (χ0n) is 20.7. The largest absolute Gasteiger partial charge is 0.448 e. The molecule has 5 heteroatoms. The fraction of sp³-hybridized carbons (Fsp3) is 0.750. The van der Waals surface area contributed by atoms with Gasteiger partial charge < -0.3 is 9.47 Å². The second kappa shape index (κ2) is 7.37. The van der Waals surface area contributed by atoms with Crippen molar-refractivity contribution in [3.63, 3.8) is 0 Å². The van der Waals surface area contributed by atoms with Crippen molar-refractivity contribution in [3.8, 4) is 0 Å². The molecule has 0 aromatic carbocycles. The summed E-state index contributed by atoms with van der Waals surface area (Å²) in [6.07, 6.45) is 11.3. The van der Waals surface area contributed by atoms with Crippen molar-refractivity contribution in [3.05, 3.63) is 23.8 Å². The van der Waals surface area contributed by atoms with E-state index in [0.717, 1.165) is 38.5 Å². The van der Waals surface area contributed by atoms with Crippen LogP contribution in [0.3, 0.4) is 0 Å². The van der Waals surface area contributed by atoms with E-state index >= 15 is 0 Å². The lowest BCUT2D eigenvalue weighted by Crippen LogP contribution is -2.63. The molecule has 0 N–H and O–H groups in total. The van der Waals surface area contributed by atoms with Crippen LogP contribution in [0.15, 0.2) is 23.8 Å². The number of ether oxygens (including phenoxy) is 2. The molecule has 1 saturated heterocycles. The maximum Gasteiger partial charge on any atom is 0.336 e. The molecule has 5 nitrogen and oxygen atoms in total. The Kier molecular flexibility index (Phi) is 5.14. The summed E-state index contributed by atoms with van der Waals surface area (Å²) in [7, 11) is 0. The molecule has 3 saturated carbocycles. The summed E-state index contributed by atoms with van der Waals surface area (Å²) in [5.41, 5.74) is -0.390. The molecule has 0 amide bonds. The molecule has 1 heterocycles. The van der Waals surface area contributed by atoms with Gasteiger partial charge in [-0.1, -0.05) is 39.3 Å². The molecule has 4 aliphatic carbocycles. The van der Waals surface area contributed by atoms with Crippen LogP contribution >= 0.6 is 0 Å². The van der Waals surface area contributed by atoms with Gasteiger partial charge in [-0.05, 0) is 81.3 Å². The summed E-state index contributed by atoms with van der Waals surface area (Å²) in [5, 5.41) is 0. The Morgan fingerprint density at radius 1 is 1.09 bits per heavy atom. The molecular formula is C28H38O5. The highest BCUT2D eigenvalue weighted by atomic mass is 16.6. The number of allylic oxidation sites excluding steroid dienone is 4. The van der Waals surface area contributed by atoms with E-state index < -0.39 is 17.1 Å². The van der Waals surface area contributed by atoms with Gasteiger partial charge in [-0.2, -0.15) is 0 Å². The molecule has 180 valence electrons. The van der Waals surface area contributed by atoms with Gasteiger partial charge in [0.2, 0.25) is 0 Å². The topological polar surface area (TPSA) is 69.7 Å². The predicted molar refractivity (Wildman–Crippen MR) is 124 cm³/mol. The predicted octanol–water partition coefficient (Wildman–Crippen LogP) is 4.98. The molecule has 33 heavy (non-hydrogen) atoms. The molecule has 4 fully saturated rings. The average molecular weight is 455 g/mol. The van der Waals surface area contributed by atoms with E-state index in [1.807, 2.05) is 6.08 Å². The average Bonchev–Trinajstić information content (AvgIpc) is 3.37. The molecule has 0 bridgehead atoms. The quantitative estimate of drug-likeness (QED) is 0.563. The fourth-order valence-electron chi connectivity index (χ4n) is 8.89. The molecule has 1 aliphatic heterocycles. The SMILES string of the molecule is CC(=O)C1(OC(=O)C2CCCO2)C(C)CC2C3CCC4=CC(=O)C=CC4(C)C3(C)CCC21C. The Bertz CT molecular complexity index is 957. The minimum atomic E-state index is -1.10. The third kappa shape index (κ3) is 2.84. The first kappa shape index (κ1) is 23.0. The van der Waals surface area contributed by atoms with E-state index in [-0.39, 0.29) is 40.2 Å². The Balaban J connectivity index is 1.53. The molecule has 8 unspecified atom stereocenters. The van der Waals surface area contributed by atoms with Gasteiger partial charge in [-0.3, -0.25) is 9.59 Å². The highest BCUT2D eigenvalue weighted by Crippen LogP contribution is 2.73. The van der Waals surface area contributed by atoms with E-state index in [1.165, 1.54) is 5.57 Å². The fourth-order valence-corrected chi connectivity index (χ4v) is 8.89. The van der Waals surface area contributed by atoms with Gasteiger partial charge in [0, 0.05) is 23.4 Å². The minimum absolute atomic E-state index is 0.00359. The van der Waals surface area contributed by atoms with Crippen LogP contribution in [0.2, 0.25) is 0 Å². The van der Waals surface area contributed by atoms with Crippen LogP contribution in [0, 0.1) is 34.0 Å². The molecular weight excluding hydrogens is 416 g/mol. The Morgan fingerprint density at radius 2 is 1.82 bits per heavy atom. The highest BCUT2D eigenvalue weighted by molar-refractivity contribution is 6.01. The van der Waals surface area contributed by atoms with Crippen LogP contribution in [-0.4, -0.2) is 35.8 Å². The van der Waals surface area contributed by atoms with Gasteiger partial charge in [0.05, 0.1) is 0 Å². The number of carbonyl (C=O) groups excluding carboxylic acids is 3. The minimum Gasteiger partial charge on any atom is -0.448 e. The first-order valence-electron chi connectivity index (χ1n) is 12.8. The lowest BCUT2D eigenvalue weighted by atomic mass is 9.40. The Labute approximate surface area is 197 Å². The summed E-state index contributed by atoms with van der Waals surface area (Å²) in [5.74, 6) is 0.362. The van der Waals surface area contributed by atoms with Gasteiger partial charge in [-0.15, -0.1) is 0 Å². The first-order chi connectivity index (χ1) is 15.5. The normalized spacial score (nSPS) is 48.5. The summed E-state index contributed by atoms with van der Waals surface area (Å²) in [6, 6.07) is 0. The summed E-state index contributed by atoms with van der Waals surface area (Å²) in [6.45, 7) is 11.2. The number of Topliss-reactive ketones (excluding diaryl/α,β-unsaturated/α-hetero) is 1. The van der Waals surface area contributed by atoms with Crippen LogP contribution in [0.1, 0.15) is 79.6 Å². The van der Waals surface area contributed by atoms with Crippen LogP contribution in [0.5, 0.6) is 0 Å². The van der Waals surface area contributed by atoms with Crippen molar-refractivity contribution >= 4 is 17.5 Å².